The minimum Gasteiger partial charge on any atom is -0.494 e. The Morgan fingerprint density at radius 2 is 1.43 bits per heavy atom. The molecule has 1 aromatic carbocycles. The molecule has 3 amide bonds. The van der Waals surface area contributed by atoms with Gasteiger partial charge in [0.05, 0.1) is 49.9 Å². The van der Waals surface area contributed by atoms with Gasteiger partial charge in [-0.1, -0.05) is 0 Å². The van der Waals surface area contributed by atoms with E-state index >= 15 is 0 Å². The Labute approximate surface area is 308 Å². The van der Waals surface area contributed by atoms with Crippen LogP contribution in [0.25, 0.3) is 10.9 Å². The van der Waals surface area contributed by atoms with Gasteiger partial charge in [-0.05, 0) is 43.5 Å². The molecule has 1 atom stereocenters. The molecule has 1 unspecified atom stereocenters. The second kappa shape index (κ2) is 19.3. The number of benzene rings is 1. The van der Waals surface area contributed by atoms with Crippen LogP contribution in [0.5, 0.6) is 5.75 Å². The summed E-state index contributed by atoms with van der Waals surface area (Å²) in [6.45, 7) is 7.01. The maximum Gasteiger partial charge on any atom is 0.317 e. The summed E-state index contributed by atoms with van der Waals surface area (Å²) in [5, 5.41) is 31.2. The van der Waals surface area contributed by atoms with Gasteiger partial charge in [-0.3, -0.25) is 48.6 Å². The molecule has 0 bridgehead atoms. The van der Waals surface area contributed by atoms with E-state index in [1.165, 1.54) is 4.90 Å². The average molecular weight is 736 g/mol. The Kier molecular flexibility index (Phi) is 14.3. The van der Waals surface area contributed by atoms with E-state index in [-0.39, 0.29) is 38.0 Å². The number of hydrogen-bond donors (Lipinski definition) is 3. The summed E-state index contributed by atoms with van der Waals surface area (Å²) in [5.41, 5.74) is 0.996. The smallest absolute Gasteiger partial charge is 0.317 e. The van der Waals surface area contributed by atoms with Gasteiger partial charge in [0, 0.05) is 90.1 Å². The zero-order chi connectivity index (χ0) is 37.7. The number of carbonyl (C=O) groups excluding carboxylic acids is 3. The van der Waals surface area contributed by atoms with E-state index in [1.807, 2.05) is 15.9 Å². The number of ether oxygens (including phenoxy) is 1. The quantitative estimate of drug-likeness (QED) is 0.209. The van der Waals surface area contributed by atoms with Gasteiger partial charge in [-0.2, -0.15) is 5.26 Å². The number of rotatable bonds is 14. The Bertz CT molecular complexity index is 1630. The number of hydrogen-bond acceptors (Lipinski definition) is 12. The van der Waals surface area contributed by atoms with E-state index in [2.05, 4.69) is 21.3 Å². The number of nitriles is 1. The summed E-state index contributed by atoms with van der Waals surface area (Å²) in [6.07, 6.45) is 3.71. The molecule has 3 saturated heterocycles. The van der Waals surface area contributed by atoms with Gasteiger partial charge < -0.3 is 30.1 Å². The molecule has 3 N–H and O–H groups in total. The van der Waals surface area contributed by atoms with Gasteiger partial charge in [-0.15, -0.1) is 0 Å². The van der Waals surface area contributed by atoms with Crippen molar-refractivity contribution in [2.75, 3.05) is 111 Å². The van der Waals surface area contributed by atoms with Crippen molar-refractivity contribution in [3.63, 3.8) is 0 Å². The molecule has 2 aromatic rings. The van der Waals surface area contributed by atoms with E-state index in [0.717, 1.165) is 32.5 Å². The molecule has 53 heavy (non-hydrogen) atoms. The third-order valence-electron chi connectivity index (χ3n) is 9.97. The SMILES string of the molecule is N#CC1CCCN1C(=O)CNC(=O)c1ccnc2ccc(OCCCN3CCN(C(=O)CN4CCN(CC(=O)O)CCN(CC(=O)O)CC4)CC3)cc12. The molecule has 4 heterocycles. The van der Waals surface area contributed by atoms with Crippen LogP contribution in [0.4, 0.5) is 0 Å². The maximum absolute atomic E-state index is 13.3. The highest BCUT2D eigenvalue weighted by atomic mass is 16.5. The Morgan fingerprint density at radius 1 is 0.811 bits per heavy atom. The molecule has 0 aliphatic carbocycles. The van der Waals surface area contributed by atoms with E-state index < -0.39 is 23.9 Å². The lowest BCUT2D eigenvalue weighted by Gasteiger charge is -2.36. The zero-order valence-electron chi connectivity index (χ0n) is 30.0. The highest BCUT2D eigenvalue weighted by Gasteiger charge is 2.29. The zero-order valence-corrected chi connectivity index (χ0v) is 30.0. The number of amides is 3. The molecular weight excluding hydrogens is 686 g/mol. The van der Waals surface area contributed by atoms with Crippen molar-refractivity contribution in [2.45, 2.75) is 25.3 Å². The second-order valence-corrected chi connectivity index (χ2v) is 13.6. The number of fused-ring (bicyclic) bond motifs is 1. The fourth-order valence-electron chi connectivity index (χ4n) is 7.00. The molecule has 0 spiro atoms. The van der Waals surface area contributed by atoms with Crippen molar-refractivity contribution < 1.29 is 38.9 Å². The van der Waals surface area contributed by atoms with Crippen molar-refractivity contribution in [3.8, 4) is 11.8 Å². The molecule has 17 nitrogen and oxygen atoms in total. The summed E-state index contributed by atoms with van der Waals surface area (Å²) in [6, 6.07) is 8.67. The first-order chi connectivity index (χ1) is 25.6. The number of likely N-dealkylation sites (tertiary alicyclic amines) is 1. The highest BCUT2D eigenvalue weighted by Crippen LogP contribution is 2.23. The third kappa shape index (κ3) is 11.5. The Hall–Kier alpha value is -4.89. The molecule has 0 saturated carbocycles. The first-order valence-corrected chi connectivity index (χ1v) is 18.2. The molecule has 3 aliphatic rings. The summed E-state index contributed by atoms with van der Waals surface area (Å²) < 4.78 is 6.04. The van der Waals surface area contributed by atoms with E-state index in [9.17, 15) is 39.4 Å². The number of carboxylic acids is 2. The number of nitrogens with zero attached hydrogens (tertiary/aromatic N) is 8. The minimum atomic E-state index is -0.941. The Balaban J connectivity index is 1.04. The van der Waals surface area contributed by atoms with Crippen LogP contribution >= 0.6 is 0 Å². The summed E-state index contributed by atoms with van der Waals surface area (Å²) in [5.74, 6) is -1.97. The molecular formula is C36H49N9O8. The minimum absolute atomic E-state index is 0.00599. The molecule has 0 radical (unpaired) electrons. The number of carboxylic acid groups (broad SMARTS) is 2. The largest absolute Gasteiger partial charge is 0.494 e. The van der Waals surface area contributed by atoms with Gasteiger partial charge in [0.1, 0.15) is 11.8 Å². The molecule has 17 heteroatoms. The summed E-state index contributed by atoms with van der Waals surface area (Å²) in [7, 11) is 0. The van der Waals surface area contributed by atoms with Crippen molar-refractivity contribution in [3.05, 3.63) is 36.0 Å². The van der Waals surface area contributed by atoms with E-state index in [0.29, 0.717) is 94.1 Å². The lowest BCUT2D eigenvalue weighted by molar-refractivity contribution is -0.140. The van der Waals surface area contributed by atoms with Crippen molar-refractivity contribution in [1.29, 1.82) is 5.26 Å². The van der Waals surface area contributed by atoms with E-state index in [4.69, 9.17) is 4.74 Å². The van der Waals surface area contributed by atoms with Crippen molar-refractivity contribution >= 4 is 40.6 Å². The fraction of sp³-hybridized carbons (Fsp3) is 0.583. The standard InChI is InChI=1S/C36H49N9O8/c37-22-27-3-1-9-45(27)32(46)23-39-36(52)29-6-7-38-31-5-4-28(21-30(29)31)53-20-2-8-40-16-18-44(19-17-40)33(47)24-41-10-12-42(25-34(48)49)14-15-43(13-11-41)26-35(50)51/h4-7,21,27H,1-3,8-20,23-26H2,(H,39,52)(H,48,49)(H,50,51). The number of piperazine rings is 1. The lowest BCUT2D eigenvalue weighted by atomic mass is 10.1. The first-order valence-electron chi connectivity index (χ1n) is 18.2. The van der Waals surface area contributed by atoms with Crippen LogP contribution in [-0.4, -0.2) is 192 Å². The molecule has 3 aliphatic heterocycles. The van der Waals surface area contributed by atoms with Crippen LogP contribution in [0.15, 0.2) is 30.5 Å². The monoisotopic (exact) mass is 735 g/mol. The van der Waals surface area contributed by atoms with Crippen LogP contribution in [0.3, 0.4) is 0 Å². The summed E-state index contributed by atoms with van der Waals surface area (Å²) >= 11 is 0. The molecule has 286 valence electrons. The predicted molar refractivity (Wildman–Crippen MR) is 192 cm³/mol. The number of pyridine rings is 1. The fourth-order valence-corrected chi connectivity index (χ4v) is 7.00. The normalized spacial score (nSPS) is 19.6. The lowest BCUT2D eigenvalue weighted by Crippen LogP contribution is -2.52. The predicted octanol–water partition coefficient (Wildman–Crippen LogP) is -0.519. The number of nitrogens with one attached hydrogen (secondary N) is 1. The first kappa shape index (κ1) is 39.3. The van der Waals surface area contributed by atoms with Gasteiger partial charge in [-0.25, -0.2) is 0 Å². The van der Waals surface area contributed by atoms with Crippen LogP contribution in [0.2, 0.25) is 0 Å². The summed E-state index contributed by atoms with van der Waals surface area (Å²) in [4.78, 5) is 77.2. The van der Waals surface area contributed by atoms with Gasteiger partial charge in [0.15, 0.2) is 0 Å². The number of carbonyl (C=O) groups is 5. The Morgan fingerprint density at radius 3 is 2.06 bits per heavy atom. The maximum atomic E-state index is 13.3. The molecule has 3 fully saturated rings. The van der Waals surface area contributed by atoms with Crippen LogP contribution < -0.4 is 10.1 Å². The van der Waals surface area contributed by atoms with Gasteiger partial charge in [0.2, 0.25) is 11.8 Å². The molecule has 1 aromatic heterocycles. The third-order valence-corrected chi connectivity index (χ3v) is 9.97. The van der Waals surface area contributed by atoms with Crippen LogP contribution in [-0.2, 0) is 19.2 Å². The van der Waals surface area contributed by atoms with Crippen molar-refractivity contribution in [2.24, 2.45) is 0 Å². The van der Waals surface area contributed by atoms with E-state index in [1.54, 1.807) is 34.2 Å². The highest BCUT2D eigenvalue weighted by molar-refractivity contribution is 6.07. The van der Waals surface area contributed by atoms with Gasteiger partial charge >= 0.3 is 11.9 Å². The van der Waals surface area contributed by atoms with Gasteiger partial charge in [0.25, 0.3) is 5.91 Å². The number of aromatic nitrogens is 1. The van der Waals surface area contributed by atoms with Crippen LogP contribution in [0.1, 0.15) is 29.6 Å². The molecule has 5 rings (SSSR count). The topological polar surface area (TPSA) is 203 Å². The van der Waals surface area contributed by atoms with Crippen molar-refractivity contribution in [1.82, 2.24) is 39.7 Å². The number of aliphatic carboxylic acids is 2. The average Bonchev–Trinajstić information content (AvgIpc) is 3.66. The second-order valence-electron chi connectivity index (χ2n) is 13.6. The van der Waals surface area contributed by atoms with Crippen LogP contribution in [0, 0.1) is 11.3 Å².